The molecule has 158 valence electrons. The molecule has 0 aliphatic rings. The van der Waals surface area contributed by atoms with Crippen molar-refractivity contribution in [3.8, 4) is 0 Å². The molecule has 2 aromatic carbocycles. The highest BCUT2D eigenvalue weighted by Gasteiger charge is 2.17. The maximum absolute atomic E-state index is 12.8. The summed E-state index contributed by atoms with van der Waals surface area (Å²) in [5.74, 6) is 1.60. The Labute approximate surface area is 193 Å². The van der Waals surface area contributed by atoms with Crippen molar-refractivity contribution in [1.29, 1.82) is 0 Å². The van der Waals surface area contributed by atoms with E-state index in [1.807, 2.05) is 54.6 Å². The summed E-state index contributed by atoms with van der Waals surface area (Å²) in [5, 5.41) is 16.3. The number of hydrogen-bond donors (Lipinski definition) is 1. The second-order valence-electron chi connectivity index (χ2n) is 6.91. The highest BCUT2D eigenvalue weighted by atomic mass is 32.2. The second kappa shape index (κ2) is 10.1. The van der Waals surface area contributed by atoms with Crippen molar-refractivity contribution in [3.05, 3.63) is 87.0 Å². The van der Waals surface area contributed by atoms with Gasteiger partial charge in [0.05, 0.1) is 0 Å². The molecule has 0 saturated carbocycles. The largest absolute Gasteiger partial charge is 0.414 e. The molecule has 0 saturated heterocycles. The molecule has 9 heteroatoms. The number of carbonyl (C=O) groups excluding carboxylic acids is 1. The number of aryl methyl sites for hydroxylation is 1. The van der Waals surface area contributed by atoms with E-state index in [2.05, 4.69) is 27.3 Å². The van der Waals surface area contributed by atoms with Crippen LogP contribution in [0.2, 0.25) is 0 Å². The van der Waals surface area contributed by atoms with Gasteiger partial charge in [0.1, 0.15) is 5.01 Å². The van der Waals surface area contributed by atoms with Crippen molar-refractivity contribution in [2.45, 2.75) is 30.0 Å². The van der Waals surface area contributed by atoms with E-state index >= 15 is 0 Å². The van der Waals surface area contributed by atoms with E-state index in [1.54, 1.807) is 23.1 Å². The SMILES string of the molecule is CC(c1cccc(C(=O)c2ccccc2)c1)c1nnc(SCCCc2n[nH]c(=S)o2)s1. The Morgan fingerprint density at radius 1 is 1.16 bits per heavy atom. The minimum absolute atomic E-state index is 0.0231. The number of benzene rings is 2. The van der Waals surface area contributed by atoms with Crippen LogP contribution in [0.5, 0.6) is 0 Å². The molecule has 0 spiro atoms. The van der Waals surface area contributed by atoms with Gasteiger partial charge >= 0.3 is 0 Å². The Hall–Kier alpha value is -2.62. The summed E-state index contributed by atoms with van der Waals surface area (Å²) in [7, 11) is 0. The average molecular weight is 469 g/mol. The van der Waals surface area contributed by atoms with Gasteiger partial charge in [0.15, 0.2) is 10.1 Å². The van der Waals surface area contributed by atoms with Gasteiger partial charge < -0.3 is 4.42 Å². The van der Waals surface area contributed by atoms with E-state index in [0.717, 1.165) is 33.5 Å². The van der Waals surface area contributed by atoms with E-state index < -0.39 is 0 Å². The van der Waals surface area contributed by atoms with Crippen LogP contribution >= 0.6 is 35.3 Å². The lowest BCUT2D eigenvalue weighted by atomic mass is 9.96. The first-order valence-electron chi connectivity index (χ1n) is 9.80. The highest BCUT2D eigenvalue weighted by Crippen LogP contribution is 2.31. The van der Waals surface area contributed by atoms with Gasteiger partial charge in [0.2, 0.25) is 5.89 Å². The number of thioether (sulfide) groups is 1. The van der Waals surface area contributed by atoms with Gasteiger partial charge in [0, 0.05) is 29.2 Å². The Balaban J connectivity index is 1.37. The van der Waals surface area contributed by atoms with Crippen LogP contribution in [-0.2, 0) is 6.42 Å². The summed E-state index contributed by atoms with van der Waals surface area (Å²) in [5.41, 5.74) is 2.42. The summed E-state index contributed by atoms with van der Waals surface area (Å²) < 4.78 is 6.20. The fraction of sp³-hybridized carbons (Fsp3) is 0.227. The molecule has 0 amide bonds. The number of nitrogens with one attached hydrogen (secondary N) is 1. The minimum atomic E-state index is 0.0231. The van der Waals surface area contributed by atoms with Crippen LogP contribution in [0.1, 0.15) is 51.6 Å². The van der Waals surface area contributed by atoms with Crippen LogP contribution in [0, 0.1) is 4.84 Å². The number of nitrogens with zero attached hydrogens (tertiary/aromatic N) is 3. The predicted molar refractivity (Wildman–Crippen MR) is 124 cm³/mol. The van der Waals surface area contributed by atoms with Crippen LogP contribution in [0.3, 0.4) is 0 Å². The standard InChI is InChI=1S/C22H20N4O2S3/c1-14(16-9-5-10-17(13-16)19(27)15-7-3-2-4-8-15)20-24-26-22(31-20)30-12-6-11-18-23-25-21(29)28-18/h2-5,7-10,13-14H,6,11-12H2,1H3,(H,25,29). The molecule has 1 unspecified atom stereocenters. The zero-order valence-electron chi connectivity index (χ0n) is 16.8. The van der Waals surface area contributed by atoms with E-state index in [-0.39, 0.29) is 11.7 Å². The summed E-state index contributed by atoms with van der Waals surface area (Å²) in [4.78, 5) is 13.1. The van der Waals surface area contributed by atoms with Gasteiger partial charge in [-0.1, -0.05) is 78.6 Å². The molecular formula is C22H20N4O2S3. The van der Waals surface area contributed by atoms with Crippen molar-refractivity contribution in [2.75, 3.05) is 5.75 Å². The summed E-state index contributed by atoms with van der Waals surface area (Å²) in [6.45, 7) is 2.09. The molecule has 0 fully saturated rings. The zero-order chi connectivity index (χ0) is 21.6. The van der Waals surface area contributed by atoms with Crippen molar-refractivity contribution in [2.24, 2.45) is 0 Å². The van der Waals surface area contributed by atoms with Crippen molar-refractivity contribution in [3.63, 3.8) is 0 Å². The molecule has 1 atom stereocenters. The molecular weight excluding hydrogens is 448 g/mol. The van der Waals surface area contributed by atoms with E-state index in [1.165, 1.54) is 0 Å². The molecule has 2 heterocycles. The minimum Gasteiger partial charge on any atom is -0.414 e. The van der Waals surface area contributed by atoms with Gasteiger partial charge in [-0.05, 0) is 30.3 Å². The van der Waals surface area contributed by atoms with Gasteiger partial charge in [-0.25, -0.2) is 5.10 Å². The molecule has 2 aromatic heterocycles. The monoisotopic (exact) mass is 468 g/mol. The fourth-order valence-corrected chi connectivity index (χ4v) is 5.15. The molecule has 4 rings (SSSR count). The third-order valence-corrected chi connectivity index (χ3v) is 7.22. The Bertz CT molecular complexity index is 1220. The van der Waals surface area contributed by atoms with E-state index in [0.29, 0.717) is 21.9 Å². The van der Waals surface area contributed by atoms with Crippen LogP contribution in [0.4, 0.5) is 0 Å². The highest BCUT2D eigenvalue weighted by molar-refractivity contribution is 8.01. The predicted octanol–water partition coefficient (Wildman–Crippen LogP) is 5.69. The third-order valence-electron chi connectivity index (χ3n) is 4.72. The first-order valence-corrected chi connectivity index (χ1v) is 12.0. The number of H-pyrrole nitrogens is 1. The average Bonchev–Trinajstić information content (AvgIpc) is 3.45. The van der Waals surface area contributed by atoms with E-state index in [4.69, 9.17) is 16.6 Å². The topological polar surface area (TPSA) is 84.7 Å². The van der Waals surface area contributed by atoms with Crippen LogP contribution in [-0.4, -0.2) is 31.9 Å². The first-order chi connectivity index (χ1) is 15.1. The van der Waals surface area contributed by atoms with Gasteiger partial charge in [-0.15, -0.1) is 15.3 Å². The molecule has 6 nitrogen and oxygen atoms in total. The molecule has 0 aliphatic carbocycles. The Morgan fingerprint density at radius 2 is 1.97 bits per heavy atom. The lowest BCUT2D eigenvalue weighted by Crippen LogP contribution is -2.03. The van der Waals surface area contributed by atoms with E-state index in [9.17, 15) is 4.79 Å². The molecule has 1 N–H and O–H groups in total. The Kier molecular flexibility index (Phi) is 7.06. The zero-order valence-corrected chi connectivity index (χ0v) is 19.2. The molecule has 0 bridgehead atoms. The first kappa shape index (κ1) is 21.6. The summed E-state index contributed by atoms with van der Waals surface area (Å²) in [6, 6.07) is 17.1. The van der Waals surface area contributed by atoms with Gasteiger partial charge in [-0.3, -0.25) is 4.79 Å². The number of rotatable bonds is 9. The number of aromatic amines is 1. The number of ketones is 1. The molecule has 0 aliphatic heterocycles. The van der Waals surface area contributed by atoms with Crippen LogP contribution in [0.15, 0.2) is 63.4 Å². The summed E-state index contributed by atoms with van der Waals surface area (Å²) >= 11 is 8.14. The molecule has 0 radical (unpaired) electrons. The van der Waals surface area contributed by atoms with Crippen LogP contribution in [0.25, 0.3) is 0 Å². The number of carbonyl (C=O) groups is 1. The number of aromatic nitrogens is 4. The number of hydrogen-bond acceptors (Lipinski definition) is 8. The molecule has 31 heavy (non-hydrogen) atoms. The fourth-order valence-electron chi connectivity index (χ4n) is 3.05. The summed E-state index contributed by atoms with van der Waals surface area (Å²) in [6.07, 6.45) is 1.63. The maximum atomic E-state index is 12.8. The third kappa shape index (κ3) is 5.55. The quantitative estimate of drug-likeness (QED) is 0.146. The lowest BCUT2D eigenvalue weighted by molar-refractivity contribution is 0.103. The second-order valence-corrected chi connectivity index (χ2v) is 9.63. The maximum Gasteiger partial charge on any atom is 0.284 e. The normalized spacial score (nSPS) is 12.0. The Morgan fingerprint density at radius 3 is 2.74 bits per heavy atom. The van der Waals surface area contributed by atoms with Crippen molar-refractivity contribution < 1.29 is 9.21 Å². The smallest absolute Gasteiger partial charge is 0.284 e. The van der Waals surface area contributed by atoms with Crippen molar-refractivity contribution >= 4 is 41.1 Å². The lowest BCUT2D eigenvalue weighted by Gasteiger charge is -2.10. The van der Waals surface area contributed by atoms with Crippen molar-refractivity contribution in [1.82, 2.24) is 20.4 Å². The van der Waals surface area contributed by atoms with Gasteiger partial charge in [-0.2, -0.15) is 0 Å². The van der Waals surface area contributed by atoms with Gasteiger partial charge in [0.25, 0.3) is 4.84 Å². The molecule has 4 aromatic rings. The van der Waals surface area contributed by atoms with Crippen LogP contribution < -0.4 is 0 Å².